The van der Waals surface area contributed by atoms with E-state index in [1.807, 2.05) is 0 Å². The van der Waals surface area contributed by atoms with Crippen LogP contribution in [0.2, 0.25) is 0 Å². The fourth-order valence-electron chi connectivity index (χ4n) is 1.91. The molecule has 3 nitrogen and oxygen atoms in total. The monoisotopic (exact) mass is 201 g/mol. The molecule has 2 unspecified atom stereocenters. The van der Waals surface area contributed by atoms with Crippen molar-refractivity contribution in [2.24, 2.45) is 11.3 Å². The Hall–Kier alpha value is -0.120. The van der Waals surface area contributed by atoms with Crippen molar-refractivity contribution in [1.82, 2.24) is 5.32 Å². The molecule has 0 amide bonds. The number of methoxy groups -OCH3 is 2. The molecule has 0 heterocycles. The van der Waals surface area contributed by atoms with Gasteiger partial charge in [-0.15, -0.1) is 0 Å². The van der Waals surface area contributed by atoms with Crippen LogP contribution in [-0.4, -0.2) is 40.5 Å². The third kappa shape index (κ3) is 3.56. The van der Waals surface area contributed by atoms with E-state index in [4.69, 9.17) is 9.47 Å². The van der Waals surface area contributed by atoms with Gasteiger partial charge in [-0.1, -0.05) is 6.92 Å². The van der Waals surface area contributed by atoms with Crippen molar-refractivity contribution in [2.45, 2.75) is 19.8 Å². The summed E-state index contributed by atoms with van der Waals surface area (Å²) in [7, 11) is 3.51. The maximum absolute atomic E-state index is 5.11. The van der Waals surface area contributed by atoms with Crippen molar-refractivity contribution >= 4 is 0 Å². The normalized spacial score (nSPS) is 30.6. The summed E-state index contributed by atoms with van der Waals surface area (Å²) in [4.78, 5) is 0. The van der Waals surface area contributed by atoms with E-state index in [1.54, 1.807) is 14.2 Å². The zero-order valence-electron chi connectivity index (χ0n) is 9.64. The smallest absolute Gasteiger partial charge is 0.0587 e. The van der Waals surface area contributed by atoms with Crippen LogP contribution >= 0.6 is 0 Å². The molecule has 0 aliphatic heterocycles. The molecular weight excluding hydrogens is 178 g/mol. The molecule has 0 radical (unpaired) electrons. The van der Waals surface area contributed by atoms with E-state index >= 15 is 0 Å². The lowest BCUT2D eigenvalue weighted by atomic mass is 10.0. The van der Waals surface area contributed by atoms with Gasteiger partial charge in [-0.3, -0.25) is 0 Å². The minimum atomic E-state index is 0.538. The van der Waals surface area contributed by atoms with Crippen molar-refractivity contribution < 1.29 is 9.47 Å². The second-order valence-corrected chi connectivity index (χ2v) is 4.49. The number of hydrogen-bond donors (Lipinski definition) is 1. The highest BCUT2D eigenvalue weighted by molar-refractivity contribution is 4.99. The van der Waals surface area contributed by atoms with Gasteiger partial charge in [0.25, 0.3) is 0 Å². The van der Waals surface area contributed by atoms with Crippen LogP contribution in [0, 0.1) is 11.3 Å². The van der Waals surface area contributed by atoms with E-state index in [0.29, 0.717) is 5.41 Å². The lowest BCUT2D eigenvalue weighted by Gasteiger charge is -2.10. The maximum Gasteiger partial charge on any atom is 0.0587 e. The first-order chi connectivity index (χ1) is 6.73. The van der Waals surface area contributed by atoms with Gasteiger partial charge in [0, 0.05) is 27.4 Å². The zero-order chi connectivity index (χ0) is 10.4. The average Bonchev–Trinajstić information content (AvgIpc) is 2.82. The molecule has 0 aromatic heterocycles. The Bertz CT molecular complexity index is 163. The molecular formula is C11H23NO2. The summed E-state index contributed by atoms with van der Waals surface area (Å²) in [6.07, 6.45) is 2.54. The Morgan fingerprint density at radius 1 is 1.29 bits per heavy atom. The molecule has 0 saturated heterocycles. The molecule has 84 valence electrons. The molecule has 1 aliphatic carbocycles. The molecule has 0 spiro atoms. The molecule has 1 rings (SSSR count). The van der Waals surface area contributed by atoms with Gasteiger partial charge >= 0.3 is 0 Å². The lowest BCUT2D eigenvalue weighted by molar-refractivity contribution is 0.171. The van der Waals surface area contributed by atoms with Crippen LogP contribution in [0.4, 0.5) is 0 Å². The summed E-state index contributed by atoms with van der Waals surface area (Å²) in [6.45, 7) is 6.15. The summed E-state index contributed by atoms with van der Waals surface area (Å²) in [5, 5.41) is 3.41. The molecule has 2 atom stereocenters. The predicted molar refractivity (Wildman–Crippen MR) is 57.5 cm³/mol. The molecule has 3 heteroatoms. The number of ether oxygens (including phenoxy) is 2. The quantitative estimate of drug-likeness (QED) is 0.600. The molecule has 0 bridgehead atoms. The zero-order valence-corrected chi connectivity index (χ0v) is 9.64. The highest BCUT2D eigenvalue weighted by Gasteiger charge is 2.48. The highest BCUT2D eigenvalue weighted by Crippen LogP contribution is 2.54. The third-order valence-electron chi connectivity index (χ3n) is 3.29. The van der Waals surface area contributed by atoms with Gasteiger partial charge in [-0.2, -0.15) is 0 Å². The van der Waals surface area contributed by atoms with E-state index in [9.17, 15) is 0 Å². The van der Waals surface area contributed by atoms with E-state index < -0.39 is 0 Å². The van der Waals surface area contributed by atoms with Crippen molar-refractivity contribution in [3.05, 3.63) is 0 Å². The molecule has 1 saturated carbocycles. The Morgan fingerprint density at radius 2 is 2.00 bits per heavy atom. The van der Waals surface area contributed by atoms with Crippen LogP contribution < -0.4 is 5.32 Å². The Morgan fingerprint density at radius 3 is 2.64 bits per heavy atom. The molecule has 1 fully saturated rings. The maximum atomic E-state index is 5.11. The van der Waals surface area contributed by atoms with Crippen LogP contribution in [-0.2, 0) is 9.47 Å². The van der Waals surface area contributed by atoms with Gasteiger partial charge in [0.15, 0.2) is 0 Å². The third-order valence-corrected chi connectivity index (χ3v) is 3.29. The van der Waals surface area contributed by atoms with Gasteiger partial charge < -0.3 is 14.8 Å². The number of nitrogens with one attached hydrogen (secondary N) is 1. The van der Waals surface area contributed by atoms with E-state index in [1.165, 1.54) is 12.8 Å². The standard InChI is InChI=1S/C11H23NO2/c1-11(4-6-13-2)8-10(11)9-12-5-7-14-3/h10,12H,4-9H2,1-3H3. The van der Waals surface area contributed by atoms with Gasteiger partial charge in [0.1, 0.15) is 0 Å². The Kier molecular flexibility index (Phi) is 4.85. The van der Waals surface area contributed by atoms with Gasteiger partial charge in [0.2, 0.25) is 0 Å². The number of hydrogen-bond acceptors (Lipinski definition) is 3. The van der Waals surface area contributed by atoms with Crippen LogP contribution in [0.5, 0.6) is 0 Å². The van der Waals surface area contributed by atoms with Gasteiger partial charge in [0.05, 0.1) is 6.61 Å². The topological polar surface area (TPSA) is 30.5 Å². The largest absolute Gasteiger partial charge is 0.385 e. The van der Waals surface area contributed by atoms with Crippen molar-refractivity contribution in [1.29, 1.82) is 0 Å². The second kappa shape index (κ2) is 5.69. The summed E-state index contributed by atoms with van der Waals surface area (Å²) in [5.41, 5.74) is 0.538. The first-order valence-electron chi connectivity index (χ1n) is 5.41. The highest BCUT2D eigenvalue weighted by atomic mass is 16.5. The van der Waals surface area contributed by atoms with Crippen LogP contribution in [0.3, 0.4) is 0 Å². The predicted octanol–water partition coefficient (Wildman–Crippen LogP) is 1.29. The summed E-state index contributed by atoms with van der Waals surface area (Å²) >= 11 is 0. The summed E-state index contributed by atoms with van der Waals surface area (Å²) in [5.74, 6) is 0.842. The first-order valence-corrected chi connectivity index (χ1v) is 5.41. The van der Waals surface area contributed by atoms with Crippen LogP contribution in [0.25, 0.3) is 0 Å². The summed E-state index contributed by atoms with van der Waals surface area (Å²) < 4.78 is 10.1. The number of rotatable bonds is 8. The van der Waals surface area contributed by atoms with Gasteiger partial charge in [-0.05, 0) is 30.7 Å². The van der Waals surface area contributed by atoms with Gasteiger partial charge in [-0.25, -0.2) is 0 Å². The summed E-state index contributed by atoms with van der Waals surface area (Å²) in [6, 6.07) is 0. The second-order valence-electron chi connectivity index (χ2n) is 4.49. The average molecular weight is 201 g/mol. The van der Waals surface area contributed by atoms with Crippen molar-refractivity contribution in [3.63, 3.8) is 0 Å². The van der Waals surface area contributed by atoms with Crippen LogP contribution in [0.1, 0.15) is 19.8 Å². The molecule has 1 N–H and O–H groups in total. The van der Waals surface area contributed by atoms with E-state index in [-0.39, 0.29) is 0 Å². The molecule has 14 heavy (non-hydrogen) atoms. The van der Waals surface area contributed by atoms with Crippen LogP contribution in [0.15, 0.2) is 0 Å². The first kappa shape index (κ1) is 12.0. The fourth-order valence-corrected chi connectivity index (χ4v) is 1.91. The van der Waals surface area contributed by atoms with Crippen molar-refractivity contribution in [3.8, 4) is 0 Å². The van der Waals surface area contributed by atoms with Crippen molar-refractivity contribution in [2.75, 3.05) is 40.5 Å². The Labute approximate surface area is 87.2 Å². The Balaban J connectivity index is 2.00. The fraction of sp³-hybridized carbons (Fsp3) is 1.00. The SMILES string of the molecule is COCCNCC1CC1(C)CCOC. The molecule has 0 aromatic carbocycles. The van der Waals surface area contributed by atoms with E-state index in [2.05, 4.69) is 12.2 Å². The molecule has 1 aliphatic rings. The molecule has 0 aromatic rings. The van der Waals surface area contributed by atoms with E-state index in [0.717, 1.165) is 32.2 Å². The minimum Gasteiger partial charge on any atom is -0.385 e. The lowest BCUT2D eigenvalue weighted by Crippen LogP contribution is -2.23. The minimum absolute atomic E-state index is 0.538.